The molecule has 3 rings (SSSR count). The van der Waals surface area contributed by atoms with E-state index in [4.69, 9.17) is 21.1 Å². The molecule has 7 heteroatoms. The summed E-state index contributed by atoms with van der Waals surface area (Å²) in [5.41, 5.74) is 0.898. The maximum absolute atomic E-state index is 12.2. The fourth-order valence-electron chi connectivity index (χ4n) is 2.54. The molecule has 0 spiro atoms. The molecule has 1 N–H and O–H groups in total. The molecule has 1 aromatic heterocycles. The zero-order valence-electron chi connectivity index (χ0n) is 14.0. The van der Waals surface area contributed by atoms with E-state index in [1.807, 2.05) is 6.07 Å². The number of nitrogens with one attached hydrogen (secondary N) is 1. The molecule has 2 aromatic carbocycles. The Morgan fingerprint density at radius 1 is 1.23 bits per heavy atom. The molecule has 0 saturated carbocycles. The average molecular weight is 368 g/mol. The Hall–Kier alpha value is -3.30. The third kappa shape index (κ3) is 3.13. The molecule has 3 aromatic rings. The first-order valence-corrected chi connectivity index (χ1v) is 7.98. The summed E-state index contributed by atoms with van der Waals surface area (Å²) < 4.78 is 10.5. The van der Waals surface area contributed by atoms with Crippen molar-refractivity contribution >= 4 is 34.2 Å². The Balaban J connectivity index is 2.16. The third-order valence-corrected chi connectivity index (χ3v) is 4.19. The van der Waals surface area contributed by atoms with Crippen molar-refractivity contribution in [1.82, 2.24) is 9.97 Å². The number of nitrogens with zero attached hydrogens (tertiary/aromatic N) is 2. The van der Waals surface area contributed by atoms with E-state index in [-0.39, 0.29) is 17.0 Å². The zero-order chi connectivity index (χ0) is 18.7. The van der Waals surface area contributed by atoms with Crippen LogP contribution in [0.25, 0.3) is 22.6 Å². The summed E-state index contributed by atoms with van der Waals surface area (Å²) in [5, 5.41) is 10.3. The van der Waals surface area contributed by atoms with E-state index in [9.17, 15) is 10.1 Å². The highest BCUT2D eigenvalue weighted by Crippen LogP contribution is 2.38. The summed E-state index contributed by atoms with van der Waals surface area (Å²) in [7, 11) is 2.99. The van der Waals surface area contributed by atoms with Crippen molar-refractivity contribution in [3.05, 3.63) is 63.2 Å². The van der Waals surface area contributed by atoms with Gasteiger partial charge in [0, 0.05) is 0 Å². The van der Waals surface area contributed by atoms with Crippen LogP contribution >= 0.6 is 11.6 Å². The number of allylic oxidation sites excluding steroid dienone is 1. The highest BCUT2D eigenvalue weighted by atomic mass is 35.5. The lowest BCUT2D eigenvalue weighted by Gasteiger charge is -2.11. The van der Waals surface area contributed by atoms with Gasteiger partial charge in [0.2, 0.25) is 0 Å². The molecule has 130 valence electrons. The van der Waals surface area contributed by atoms with Crippen molar-refractivity contribution in [3.63, 3.8) is 0 Å². The lowest BCUT2D eigenvalue weighted by Crippen LogP contribution is -2.11. The Morgan fingerprint density at radius 3 is 2.69 bits per heavy atom. The van der Waals surface area contributed by atoms with Gasteiger partial charge in [0.25, 0.3) is 5.56 Å². The minimum Gasteiger partial charge on any atom is -0.493 e. The molecule has 0 aliphatic carbocycles. The molecule has 0 aliphatic rings. The number of benzene rings is 2. The van der Waals surface area contributed by atoms with Crippen LogP contribution in [0.2, 0.25) is 5.02 Å². The number of aromatic amines is 1. The number of rotatable bonds is 4. The number of hydrogen-bond donors (Lipinski definition) is 1. The molecule has 0 aliphatic heterocycles. The molecule has 0 bridgehead atoms. The molecule has 26 heavy (non-hydrogen) atoms. The number of aromatic nitrogens is 2. The molecule has 0 unspecified atom stereocenters. The number of hydrogen-bond acceptors (Lipinski definition) is 5. The van der Waals surface area contributed by atoms with Gasteiger partial charge in [-0.1, -0.05) is 23.7 Å². The van der Waals surface area contributed by atoms with Gasteiger partial charge in [0.15, 0.2) is 17.3 Å². The monoisotopic (exact) mass is 367 g/mol. The second-order valence-corrected chi connectivity index (χ2v) is 5.68. The topological polar surface area (TPSA) is 88.0 Å². The maximum atomic E-state index is 12.2. The van der Waals surface area contributed by atoms with Crippen LogP contribution < -0.4 is 15.0 Å². The van der Waals surface area contributed by atoms with Crippen LogP contribution in [0.1, 0.15) is 11.4 Å². The van der Waals surface area contributed by atoms with Crippen LogP contribution in [0.4, 0.5) is 0 Å². The van der Waals surface area contributed by atoms with E-state index in [0.29, 0.717) is 33.0 Å². The summed E-state index contributed by atoms with van der Waals surface area (Å²) in [6.07, 6.45) is 1.54. The molecule has 0 radical (unpaired) electrons. The van der Waals surface area contributed by atoms with Crippen LogP contribution in [0.15, 0.2) is 41.2 Å². The summed E-state index contributed by atoms with van der Waals surface area (Å²) in [6.45, 7) is 0. The van der Waals surface area contributed by atoms with Crippen molar-refractivity contribution in [2.75, 3.05) is 14.2 Å². The number of fused-ring (bicyclic) bond motifs is 1. The standard InChI is InChI=1S/C19H14ClN3O3/c1-25-15-8-7-11(16(20)17(15)26-2)9-12(10-21)18-22-14-6-4-3-5-13(14)19(24)23-18/h3-9H,1-2H3,(H,22,23,24)/b12-9-. The molecule has 1 heterocycles. The summed E-state index contributed by atoms with van der Waals surface area (Å²) in [6, 6.07) is 12.3. The molecule has 0 atom stereocenters. The summed E-state index contributed by atoms with van der Waals surface area (Å²) in [5.74, 6) is 1.01. The van der Waals surface area contributed by atoms with Gasteiger partial charge in [-0.15, -0.1) is 0 Å². The van der Waals surface area contributed by atoms with Crippen LogP contribution in [0.5, 0.6) is 11.5 Å². The predicted molar refractivity (Wildman–Crippen MR) is 100 cm³/mol. The normalized spacial score (nSPS) is 11.2. The van der Waals surface area contributed by atoms with Gasteiger partial charge in [-0.25, -0.2) is 4.98 Å². The summed E-state index contributed by atoms with van der Waals surface area (Å²) in [4.78, 5) is 19.2. The van der Waals surface area contributed by atoms with Crippen molar-refractivity contribution < 1.29 is 9.47 Å². The van der Waals surface area contributed by atoms with E-state index in [0.717, 1.165) is 0 Å². The van der Waals surface area contributed by atoms with Gasteiger partial charge in [0.05, 0.1) is 35.7 Å². The quantitative estimate of drug-likeness (QED) is 0.711. The van der Waals surface area contributed by atoms with E-state index >= 15 is 0 Å². The van der Waals surface area contributed by atoms with Crippen LogP contribution in [-0.2, 0) is 0 Å². The van der Waals surface area contributed by atoms with Gasteiger partial charge >= 0.3 is 0 Å². The number of ether oxygens (including phenoxy) is 2. The smallest absolute Gasteiger partial charge is 0.259 e. The highest BCUT2D eigenvalue weighted by Gasteiger charge is 2.14. The van der Waals surface area contributed by atoms with Gasteiger partial charge < -0.3 is 14.5 Å². The van der Waals surface area contributed by atoms with Gasteiger partial charge in [-0.2, -0.15) is 5.26 Å². The third-order valence-electron chi connectivity index (χ3n) is 3.80. The largest absolute Gasteiger partial charge is 0.493 e. The molecule has 0 amide bonds. The van der Waals surface area contributed by atoms with E-state index in [1.165, 1.54) is 20.3 Å². The minimum atomic E-state index is -0.315. The first-order chi connectivity index (χ1) is 12.6. The SMILES string of the molecule is COc1ccc(/C=C(/C#N)c2nc3ccccc3c(=O)[nH]2)c(Cl)c1OC. The lowest BCUT2D eigenvalue weighted by molar-refractivity contribution is 0.355. The van der Waals surface area contributed by atoms with Crippen LogP contribution in [-0.4, -0.2) is 24.2 Å². The zero-order valence-corrected chi connectivity index (χ0v) is 14.8. The Labute approximate surface area is 154 Å². The van der Waals surface area contributed by atoms with Gasteiger partial charge in [0.1, 0.15) is 6.07 Å². The van der Waals surface area contributed by atoms with E-state index in [2.05, 4.69) is 9.97 Å². The van der Waals surface area contributed by atoms with Crippen LogP contribution in [0.3, 0.4) is 0 Å². The lowest BCUT2D eigenvalue weighted by atomic mass is 10.1. The molecule has 0 saturated heterocycles. The highest BCUT2D eigenvalue weighted by molar-refractivity contribution is 6.34. The maximum Gasteiger partial charge on any atom is 0.259 e. The number of methoxy groups -OCH3 is 2. The molecule has 0 fully saturated rings. The van der Waals surface area contributed by atoms with Gasteiger partial charge in [-0.3, -0.25) is 4.79 Å². The molecular formula is C19H14ClN3O3. The number of nitriles is 1. The fourth-order valence-corrected chi connectivity index (χ4v) is 2.83. The van der Waals surface area contributed by atoms with Crippen LogP contribution in [0, 0.1) is 11.3 Å². The molecular weight excluding hydrogens is 354 g/mol. The number of halogens is 1. The van der Waals surface area contributed by atoms with Crippen molar-refractivity contribution in [2.24, 2.45) is 0 Å². The average Bonchev–Trinajstić information content (AvgIpc) is 2.66. The summed E-state index contributed by atoms with van der Waals surface area (Å²) >= 11 is 6.36. The van der Waals surface area contributed by atoms with Crippen molar-refractivity contribution in [3.8, 4) is 17.6 Å². The van der Waals surface area contributed by atoms with Crippen molar-refractivity contribution in [2.45, 2.75) is 0 Å². The number of H-pyrrole nitrogens is 1. The second-order valence-electron chi connectivity index (χ2n) is 5.31. The Kier molecular flexibility index (Phi) is 4.92. The number of para-hydroxylation sites is 1. The molecule has 6 nitrogen and oxygen atoms in total. The second kappa shape index (κ2) is 7.30. The van der Waals surface area contributed by atoms with E-state index in [1.54, 1.807) is 36.4 Å². The Bertz CT molecular complexity index is 1110. The van der Waals surface area contributed by atoms with Gasteiger partial charge in [-0.05, 0) is 35.9 Å². The Morgan fingerprint density at radius 2 is 2.00 bits per heavy atom. The first-order valence-electron chi connectivity index (χ1n) is 7.60. The minimum absolute atomic E-state index is 0.168. The van der Waals surface area contributed by atoms with Crippen molar-refractivity contribution in [1.29, 1.82) is 5.26 Å². The van der Waals surface area contributed by atoms with E-state index < -0.39 is 0 Å². The predicted octanol–water partition coefficient (Wildman–Crippen LogP) is 3.66. The first kappa shape index (κ1) is 17.5. The fraction of sp³-hybridized carbons (Fsp3) is 0.105.